The summed E-state index contributed by atoms with van der Waals surface area (Å²) < 4.78 is 39.4. The van der Waals surface area contributed by atoms with Crippen LogP contribution < -0.4 is 5.32 Å². The van der Waals surface area contributed by atoms with Crippen LogP contribution in [0.15, 0.2) is 115 Å². The number of aliphatic hydroxyl groups is 9. The highest BCUT2D eigenvalue weighted by Gasteiger charge is 2.51. The predicted molar refractivity (Wildman–Crippen MR) is 279 cm³/mol. The van der Waals surface area contributed by atoms with Gasteiger partial charge < -0.3 is 84.4 Å². The first-order chi connectivity index (χ1) is 36.6. The molecule has 2 fully saturated rings. The van der Waals surface area contributed by atoms with Crippen molar-refractivity contribution in [2.24, 2.45) is 16.8 Å². The summed E-state index contributed by atoms with van der Waals surface area (Å²) in [5.41, 5.74) is 0. The minimum Gasteiger partial charge on any atom is -0.462 e. The molecule has 3 heterocycles. The molecule has 10 N–H and O–H groups in total. The number of isocyanates is 1. The summed E-state index contributed by atoms with van der Waals surface area (Å²) in [5.74, 6) is -3.95. The average Bonchev–Trinajstić information content (AvgIpc) is 3.37. The van der Waals surface area contributed by atoms with Gasteiger partial charge >= 0.3 is 18.2 Å². The van der Waals surface area contributed by atoms with E-state index in [1.165, 1.54) is 31.2 Å². The highest BCUT2D eigenvalue weighted by atomic mass is 16.7. The fourth-order valence-electron chi connectivity index (χ4n) is 8.68. The first-order valence-electron chi connectivity index (χ1n) is 25.7. The molecule has 0 saturated carbocycles. The number of ether oxygens (including phenoxy) is 7. The maximum absolute atomic E-state index is 12.9. The molecule has 3 rings (SSSR count). The van der Waals surface area contributed by atoms with Gasteiger partial charge in [-0.05, 0) is 33.1 Å². The van der Waals surface area contributed by atoms with Crippen molar-refractivity contribution in [1.82, 2.24) is 5.32 Å². The van der Waals surface area contributed by atoms with Gasteiger partial charge in [-0.3, -0.25) is 4.79 Å². The van der Waals surface area contributed by atoms with Crippen LogP contribution in [0.3, 0.4) is 0 Å². The number of nitrogens with zero attached hydrogens (tertiary/aromatic N) is 1. The van der Waals surface area contributed by atoms with Gasteiger partial charge in [-0.2, -0.15) is 4.99 Å². The molecule has 22 heteroatoms. The summed E-state index contributed by atoms with van der Waals surface area (Å²) in [6, 6.07) is -2.79. The normalized spacial score (nSPS) is 39.7. The number of allylic oxidation sites excluding steroid dienone is 12. The van der Waals surface area contributed by atoms with E-state index in [-0.39, 0.29) is 44.8 Å². The zero-order valence-electron chi connectivity index (χ0n) is 44.1. The van der Waals surface area contributed by atoms with Gasteiger partial charge in [-0.1, -0.05) is 124 Å². The molecule has 0 aromatic rings. The second-order valence-electron chi connectivity index (χ2n) is 19.3. The van der Waals surface area contributed by atoms with Crippen LogP contribution in [0, 0.1) is 11.8 Å². The molecule has 1 unspecified atom stereocenters. The summed E-state index contributed by atoms with van der Waals surface area (Å²) >= 11 is 0. The van der Waals surface area contributed by atoms with Gasteiger partial charge in [0.05, 0.1) is 67.4 Å². The number of nitrogens with one attached hydrogen (secondary N) is 1. The lowest BCUT2D eigenvalue weighted by atomic mass is 9.87. The van der Waals surface area contributed by atoms with E-state index in [9.17, 15) is 65.1 Å². The van der Waals surface area contributed by atoms with Crippen molar-refractivity contribution in [3.8, 4) is 0 Å². The lowest BCUT2D eigenvalue weighted by molar-refractivity contribution is -0.302. The second kappa shape index (κ2) is 34.5. The first-order valence-corrected chi connectivity index (χ1v) is 25.7. The molecule has 22 nitrogen and oxygen atoms in total. The number of cyclic esters (lactones) is 1. The molecule has 0 aromatic carbocycles. The zero-order valence-corrected chi connectivity index (χ0v) is 44.1. The average molecular weight is 1090 g/mol. The van der Waals surface area contributed by atoms with Gasteiger partial charge in [0.2, 0.25) is 6.08 Å². The van der Waals surface area contributed by atoms with Gasteiger partial charge in [0.1, 0.15) is 43.7 Å². The van der Waals surface area contributed by atoms with Crippen molar-refractivity contribution < 1.29 is 98.3 Å². The van der Waals surface area contributed by atoms with E-state index in [2.05, 4.69) is 23.5 Å². The van der Waals surface area contributed by atoms with Crippen LogP contribution in [-0.2, 0) is 42.7 Å². The van der Waals surface area contributed by atoms with Crippen molar-refractivity contribution in [2.45, 2.75) is 183 Å². The van der Waals surface area contributed by atoms with Crippen LogP contribution >= 0.6 is 0 Å². The molecule has 0 radical (unpaired) electrons. The smallest absolute Gasteiger partial charge is 0.462 e. The molecule has 1 amide bonds. The third kappa shape index (κ3) is 23.6. The highest BCUT2D eigenvalue weighted by Crippen LogP contribution is 2.38. The van der Waals surface area contributed by atoms with Crippen LogP contribution in [0.5, 0.6) is 0 Å². The molecule has 19 atom stereocenters. The number of aliphatic hydroxyl groups excluding tert-OH is 8. The Balaban J connectivity index is 2.02. The minimum absolute atomic E-state index is 0.144. The maximum Gasteiger partial charge on any atom is 0.508 e. The number of hydrogen-bond donors (Lipinski definition) is 10. The van der Waals surface area contributed by atoms with Gasteiger partial charge in [-0.25, -0.2) is 14.4 Å². The molecular weight excluding hydrogens is 1010 g/mol. The Bertz CT molecular complexity index is 2100. The Morgan fingerprint density at radius 2 is 1.34 bits per heavy atom. The van der Waals surface area contributed by atoms with Crippen molar-refractivity contribution >= 4 is 24.3 Å². The van der Waals surface area contributed by atoms with E-state index in [0.29, 0.717) is 0 Å². The van der Waals surface area contributed by atoms with Gasteiger partial charge in [0.25, 0.3) is 0 Å². The van der Waals surface area contributed by atoms with E-state index < -0.39 is 153 Å². The molecule has 430 valence electrons. The minimum atomic E-state index is -2.42. The molecule has 2 bridgehead atoms. The largest absolute Gasteiger partial charge is 0.508 e. The SMILES string of the molecule is C=CCOC(=O)N[C@@H]1[C@H](O)[C@H](O[C@H]2/C=C/C=C/C=C/C=C/C=C/C=C/C=C/C(C)[C@@H](O)[C@@H](C)[C@H](C)OC(=O)C[C@H](O)C[C@H](O)CC[C@@H](O)[C@H](O)C[C@H](O)C[C@]3(O)C[C@H](OC(=O)OCC=C)[C@@H](N=C=O)[C@H](C2)O3)O[C@H](C)[C@H]1O. The highest BCUT2D eigenvalue weighted by molar-refractivity contribution is 5.70. The van der Waals surface area contributed by atoms with Crippen molar-refractivity contribution in [3.63, 3.8) is 0 Å². The summed E-state index contributed by atoms with van der Waals surface area (Å²) in [7, 11) is 0. The lowest BCUT2D eigenvalue weighted by Gasteiger charge is -2.45. The Morgan fingerprint density at radius 1 is 0.740 bits per heavy atom. The van der Waals surface area contributed by atoms with Crippen molar-refractivity contribution in [2.75, 3.05) is 13.2 Å². The maximum atomic E-state index is 12.9. The van der Waals surface area contributed by atoms with E-state index in [0.717, 1.165) is 0 Å². The van der Waals surface area contributed by atoms with Crippen LogP contribution in [0.4, 0.5) is 9.59 Å². The summed E-state index contributed by atoms with van der Waals surface area (Å²) in [6.07, 6.45) is 3.71. The fourth-order valence-corrected chi connectivity index (χ4v) is 8.68. The van der Waals surface area contributed by atoms with Crippen molar-refractivity contribution in [1.29, 1.82) is 0 Å². The number of carbonyl (C=O) groups excluding carboxylic acids is 4. The molecule has 0 aromatic heterocycles. The number of aliphatic imine (C=N–C) groups is 1. The second-order valence-corrected chi connectivity index (χ2v) is 19.3. The molecule has 0 aliphatic carbocycles. The Kier molecular flexibility index (Phi) is 29.5. The Morgan fingerprint density at radius 3 is 1.95 bits per heavy atom. The predicted octanol–water partition coefficient (Wildman–Crippen LogP) is 3.02. The number of hydrogen-bond acceptors (Lipinski definition) is 21. The van der Waals surface area contributed by atoms with E-state index in [4.69, 9.17) is 33.2 Å². The molecule has 3 aliphatic heterocycles. The number of amides is 1. The first kappa shape index (κ1) is 65.9. The number of alkyl carbamates (subject to hydrolysis) is 1. The Labute approximate surface area is 449 Å². The quantitative estimate of drug-likeness (QED) is 0.0521. The molecule has 2 saturated heterocycles. The molecule has 77 heavy (non-hydrogen) atoms. The summed E-state index contributed by atoms with van der Waals surface area (Å²) in [5, 5.41) is 102. The molecule has 3 aliphatic rings. The fraction of sp³-hybridized carbons (Fsp3) is 0.600. The number of fused-ring (bicyclic) bond motifs is 2. The van der Waals surface area contributed by atoms with Gasteiger partial charge in [0.15, 0.2) is 12.1 Å². The van der Waals surface area contributed by atoms with Crippen LogP contribution in [0.1, 0.15) is 79.1 Å². The number of esters is 1. The molecule has 0 spiro atoms. The standard InChI is InChI=1S/C55H80N2O20/c1-7-25-71-53(68)57-48-50(66)37(6)74-52(51(48)67)75-41-22-20-18-16-14-12-10-9-11-13-15-17-19-21-34(3)49(65)35(4)36(5)73-46(64)29-39(60)27-38(59)23-24-42(62)43(63)28-40(61)31-55(70)32-45(76-54(69)72-26-8-2)47(56-33-58)44(30-41)77-55/h7-22,34-45,47-52,59-63,65-67,70H,1-2,23-32H2,3-6H3,(H,57,68)/b10-9+,13-11+,14-12+,17-15+,18-16+,21-19+,22-20+/t34?,35-,36-,37+,38+,39+,40-,41-,42+,43+,44-,45-,47-,48-,49+,50+,51-,52-,55+/m0/s1. The number of carbonyl (C=O) groups is 3. The van der Waals surface area contributed by atoms with E-state index in [1.807, 2.05) is 13.0 Å². The topological polar surface area (TPSA) is 339 Å². The van der Waals surface area contributed by atoms with Gasteiger partial charge in [-0.15, -0.1) is 0 Å². The van der Waals surface area contributed by atoms with Crippen LogP contribution in [-0.4, -0.2) is 187 Å². The van der Waals surface area contributed by atoms with Gasteiger partial charge in [0, 0.05) is 37.5 Å². The zero-order chi connectivity index (χ0) is 57.1. The lowest BCUT2D eigenvalue weighted by Crippen LogP contribution is -2.64. The van der Waals surface area contributed by atoms with Crippen LogP contribution in [0.25, 0.3) is 0 Å². The van der Waals surface area contributed by atoms with E-state index in [1.54, 1.807) is 86.8 Å². The van der Waals surface area contributed by atoms with E-state index >= 15 is 0 Å². The Hall–Kier alpha value is -5.43. The summed E-state index contributed by atoms with van der Waals surface area (Å²) in [6.45, 7) is 13.2. The third-order valence-electron chi connectivity index (χ3n) is 13.0. The monoisotopic (exact) mass is 1090 g/mol. The summed E-state index contributed by atoms with van der Waals surface area (Å²) in [4.78, 5) is 54.0. The third-order valence-corrected chi connectivity index (χ3v) is 13.0. The molecular formula is C55H80N2O20. The van der Waals surface area contributed by atoms with Crippen molar-refractivity contribution in [3.05, 3.63) is 110 Å². The van der Waals surface area contributed by atoms with Crippen LogP contribution in [0.2, 0.25) is 0 Å². The number of rotatable bonds is 9.